The number of hydrogen-bond acceptors (Lipinski definition) is 4. The van der Waals surface area contributed by atoms with Crippen LogP contribution < -0.4 is 10.6 Å². The van der Waals surface area contributed by atoms with Crippen molar-refractivity contribution in [2.75, 3.05) is 13.3 Å². The molecule has 2 rings (SSSR count). The topological polar surface area (TPSA) is 87.7 Å². The van der Waals surface area contributed by atoms with E-state index in [0.29, 0.717) is 17.5 Å². The Labute approximate surface area is 140 Å². The zero-order valence-electron chi connectivity index (χ0n) is 13.4. The molecule has 0 unspecified atom stereocenters. The van der Waals surface area contributed by atoms with Gasteiger partial charge in [-0.2, -0.15) is 0 Å². The number of hydrogen-bond donors (Lipinski definition) is 3. The molecule has 0 aromatic heterocycles. The standard InChI is InChI=1S/C18H20N2O4/c1-13-2-6-15(7-3-13)17(21)19-12-20-18(22)16-8-4-14(5-9-16)10-11-24-23/h2-9,23H,10-12H2,1H3,(H,19,21)(H,20,22). The van der Waals surface area contributed by atoms with E-state index in [4.69, 9.17) is 5.26 Å². The molecule has 0 fully saturated rings. The summed E-state index contributed by atoms with van der Waals surface area (Å²) >= 11 is 0. The second-order valence-corrected chi connectivity index (χ2v) is 5.33. The SMILES string of the molecule is Cc1ccc(C(=O)NCNC(=O)c2ccc(CCOO)cc2)cc1. The third-order valence-corrected chi connectivity index (χ3v) is 3.51. The third kappa shape index (κ3) is 5.19. The summed E-state index contributed by atoms with van der Waals surface area (Å²) in [6.07, 6.45) is 0.561. The number of nitrogens with one attached hydrogen (secondary N) is 2. The highest BCUT2D eigenvalue weighted by atomic mass is 17.1. The van der Waals surface area contributed by atoms with Crippen LogP contribution in [0.25, 0.3) is 0 Å². The van der Waals surface area contributed by atoms with Crippen LogP contribution in [0.15, 0.2) is 48.5 Å². The fourth-order valence-electron chi connectivity index (χ4n) is 2.10. The van der Waals surface area contributed by atoms with Gasteiger partial charge in [-0.3, -0.25) is 14.8 Å². The number of carbonyl (C=O) groups excluding carboxylic acids is 2. The van der Waals surface area contributed by atoms with Crippen molar-refractivity contribution in [2.24, 2.45) is 0 Å². The maximum absolute atomic E-state index is 12.0. The zero-order valence-corrected chi connectivity index (χ0v) is 13.4. The smallest absolute Gasteiger partial charge is 0.252 e. The molecule has 0 aliphatic carbocycles. The van der Waals surface area contributed by atoms with E-state index in [1.165, 1.54) is 0 Å². The van der Waals surface area contributed by atoms with Crippen LogP contribution in [0.5, 0.6) is 0 Å². The maximum atomic E-state index is 12.0. The average Bonchev–Trinajstić information content (AvgIpc) is 2.60. The predicted molar refractivity (Wildman–Crippen MR) is 89.7 cm³/mol. The quantitative estimate of drug-likeness (QED) is 0.413. The zero-order chi connectivity index (χ0) is 17.4. The Morgan fingerprint density at radius 1 is 0.917 bits per heavy atom. The van der Waals surface area contributed by atoms with Crippen LogP contribution in [0.4, 0.5) is 0 Å². The summed E-state index contributed by atoms with van der Waals surface area (Å²) in [7, 11) is 0. The molecule has 2 aromatic rings. The fourth-order valence-corrected chi connectivity index (χ4v) is 2.10. The average molecular weight is 328 g/mol. The number of carbonyl (C=O) groups is 2. The normalized spacial score (nSPS) is 10.2. The van der Waals surface area contributed by atoms with Crippen molar-refractivity contribution in [1.29, 1.82) is 0 Å². The van der Waals surface area contributed by atoms with Crippen molar-refractivity contribution in [3.63, 3.8) is 0 Å². The second-order valence-electron chi connectivity index (χ2n) is 5.33. The monoisotopic (exact) mass is 328 g/mol. The van der Waals surface area contributed by atoms with Gasteiger partial charge in [-0.15, -0.1) is 0 Å². The molecule has 0 bridgehead atoms. The Morgan fingerprint density at radius 2 is 1.42 bits per heavy atom. The lowest BCUT2D eigenvalue weighted by molar-refractivity contribution is -0.241. The molecule has 0 heterocycles. The first-order valence-corrected chi connectivity index (χ1v) is 7.58. The highest BCUT2D eigenvalue weighted by molar-refractivity contribution is 5.96. The van der Waals surface area contributed by atoms with E-state index in [9.17, 15) is 9.59 Å². The lowest BCUT2D eigenvalue weighted by atomic mass is 10.1. The first-order valence-electron chi connectivity index (χ1n) is 7.58. The Hall–Kier alpha value is -2.70. The minimum atomic E-state index is -0.274. The fraction of sp³-hybridized carbons (Fsp3) is 0.222. The van der Waals surface area contributed by atoms with Crippen molar-refractivity contribution in [3.05, 3.63) is 70.8 Å². The molecule has 0 radical (unpaired) electrons. The van der Waals surface area contributed by atoms with Gasteiger partial charge in [-0.05, 0) is 43.2 Å². The molecule has 3 N–H and O–H groups in total. The number of aryl methyl sites for hydroxylation is 1. The van der Waals surface area contributed by atoms with Gasteiger partial charge in [-0.1, -0.05) is 29.8 Å². The summed E-state index contributed by atoms with van der Waals surface area (Å²) in [5, 5.41) is 13.6. The molecule has 0 saturated carbocycles. The molecule has 2 aromatic carbocycles. The Morgan fingerprint density at radius 3 is 1.92 bits per heavy atom. The van der Waals surface area contributed by atoms with E-state index in [1.54, 1.807) is 36.4 Å². The Bertz CT molecular complexity index is 681. The number of rotatable bonds is 7. The second kappa shape index (κ2) is 8.81. The van der Waals surface area contributed by atoms with Crippen LogP contribution in [-0.4, -0.2) is 30.3 Å². The number of amides is 2. The van der Waals surface area contributed by atoms with Crippen molar-refractivity contribution in [2.45, 2.75) is 13.3 Å². The molecule has 6 heteroatoms. The van der Waals surface area contributed by atoms with Gasteiger partial charge in [0.1, 0.15) is 0 Å². The van der Waals surface area contributed by atoms with Gasteiger partial charge in [0.25, 0.3) is 11.8 Å². The van der Waals surface area contributed by atoms with E-state index < -0.39 is 0 Å². The molecule has 2 amide bonds. The summed E-state index contributed by atoms with van der Waals surface area (Å²) in [6, 6.07) is 14.1. The van der Waals surface area contributed by atoms with Crippen LogP contribution in [0.3, 0.4) is 0 Å². The molecule has 0 aliphatic rings. The first kappa shape index (κ1) is 17.7. The van der Waals surface area contributed by atoms with E-state index in [1.807, 2.05) is 19.1 Å². The Kier molecular flexibility index (Phi) is 6.48. The van der Waals surface area contributed by atoms with E-state index in [0.717, 1.165) is 11.1 Å². The van der Waals surface area contributed by atoms with Gasteiger partial charge in [0.05, 0.1) is 13.3 Å². The summed E-state index contributed by atoms with van der Waals surface area (Å²) in [5.41, 5.74) is 3.07. The highest BCUT2D eigenvalue weighted by Gasteiger charge is 2.07. The molecule has 0 saturated heterocycles. The first-order chi connectivity index (χ1) is 11.6. The summed E-state index contributed by atoms with van der Waals surface area (Å²) in [4.78, 5) is 28.0. The number of benzene rings is 2. The lowest BCUT2D eigenvalue weighted by Crippen LogP contribution is -2.37. The lowest BCUT2D eigenvalue weighted by Gasteiger charge is -2.08. The largest absolute Gasteiger partial charge is 0.335 e. The maximum Gasteiger partial charge on any atom is 0.252 e. The van der Waals surface area contributed by atoms with Gasteiger partial charge in [-0.25, -0.2) is 4.89 Å². The Balaban J connectivity index is 1.80. The van der Waals surface area contributed by atoms with Crippen LogP contribution >= 0.6 is 0 Å². The molecule has 0 atom stereocenters. The molecule has 0 aliphatic heterocycles. The van der Waals surface area contributed by atoms with Crippen LogP contribution in [0.2, 0.25) is 0 Å². The van der Waals surface area contributed by atoms with Gasteiger partial charge in [0.15, 0.2) is 0 Å². The molecule has 24 heavy (non-hydrogen) atoms. The van der Waals surface area contributed by atoms with Gasteiger partial charge in [0, 0.05) is 11.1 Å². The van der Waals surface area contributed by atoms with Gasteiger partial charge in [0.2, 0.25) is 0 Å². The minimum absolute atomic E-state index is 0.0473. The van der Waals surface area contributed by atoms with E-state index >= 15 is 0 Å². The van der Waals surface area contributed by atoms with E-state index in [-0.39, 0.29) is 25.1 Å². The van der Waals surface area contributed by atoms with Crippen molar-refractivity contribution in [3.8, 4) is 0 Å². The third-order valence-electron chi connectivity index (χ3n) is 3.51. The molecule has 0 spiro atoms. The van der Waals surface area contributed by atoms with E-state index in [2.05, 4.69) is 15.5 Å². The molecule has 6 nitrogen and oxygen atoms in total. The molecule has 126 valence electrons. The van der Waals surface area contributed by atoms with Crippen molar-refractivity contribution in [1.82, 2.24) is 10.6 Å². The predicted octanol–water partition coefficient (Wildman–Crippen LogP) is 2.14. The van der Waals surface area contributed by atoms with Crippen LogP contribution in [-0.2, 0) is 11.3 Å². The summed E-state index contributed by atoms with van der Waals surface area (Å²) in [6.45, 7) is 2.20. The van der Waals surface area contributed by atoms with Gasteiger partial charge < -0.3 is 10.6 Å². The van der Waals surface area contributed by atoms with Crippen molar-refractivity contribution >= 4 is 11.8 Å². The van der Waals surface area contributed by atoms with Crippen LogP contribution in [0.1, 0.15) is 31.8 Å². The minimum Gasteiger partial charge on any atom is -0.335 e. The molecular formula is C18H20N2O4. The van der Waals surface area contributed by atoms with Crippen molar-refractivity contribution < 1.29 is 19.7 Å². The van der Waals surface area contributed by atoms with Gasteiger partial charge >= 0.3 is 0 Å². The summed E-state index contributed by atoms with van der Waals surface area (Å²) < 4.78 is 0. The van der Waals surface area contributed by atoms with Crippen LogP contribution in [0, 0.1) is 6.92 Å². The highest BCUT2D eigenvalue weighted by Crippen LogP contribution is 2.05. The molecular weight excluding hydrogens is 308 g/mol. The summed E-state index contributed by atoms with van der Waals surface area (Å²) in [5.74, 6) is -0.515.